The summed E-state index contributed by atoms with van der Waals surface area (Å²) >= 11 is 0. The largest absolute Gasteiger partial charge is 0.457 e. The van der Waals surface area contributed by atoms with E-state index in [0.717, 1.165) is 13.8 Å². The summed E-state index contributed by atoms with van der Waals surface area (Å²) in [4.78, 5) is 21.6. The van der Waals surface area contributed by atoms with Crippen LogP contribution >= 0.6 is 0 Å². The summed E-state index contributed by atoms with van der Waals surface area (Å²) in [5, 5.41) is 36.9. The number of hydrogen-bond acceptors (Lipinski definition) is 8. The van der Waals surface area contributed by atoms with Crippen molar-refractivity contribution in [2.75, 3.05) is 13.2 Å². The van der Waals surface area contributed by atoms with Crippen LogP contribution in [-0.2, 0) is 19.1 Å². The molecule has 0 fully saturated rings. The van der Waals surface area contributed by atoms with Crippen molar-refractivity contribution in [1.29, 1.82) is 0 Å². The number of ether oxygens (including phenoxy) is 2. The summed E-state index contributed by atoms with van der Waals surface area (Å²) in [6.45, 7) is 0.617. The van der Waals surface area contributed by atoms with E-state index >= 15 is 0 Å². The zero-order valence-corrected chi connectivity index (χ0v) is 10.1. The molecule has 0 aliphatic heterocycles. The number of aliphatic hydroxyl groups is 4. The van der Waals surface area contributed by atoms with E-state index in [-0.39, 0.29) is 0 Å². The summed E-state index contributed by atoms with van der Waals surface area (Å²) in [6, 6.07) is 0. The Morgan fingerprint density at radius 1 is 1.00 bits per heavy atom. The first-order valence-corrected chi connectivity index (χ1v) is 5.25. The molecule has 0 saturated carbocycles. The Bertz CT molecular complexity index is 279. The molecular weight excluding hydrogens is 248 g/mol. The highest BCUT2D eigenvalue weighted by molar-refractivity contribution is 5.67. The van der Waals surface area contributed by atoms with Gasteiger partial charge >= 0.3 is 11.9 Å². The topological polar surface area (TPSA) is 134 Å². The van der Waals surface area contributed by atoms with E-state index < -0.39 is 49.6 Å². The van der Waals surface area contributed by atoms with Crippen LogP contribution in [0.3, 0.4) is 0 Å². The number of carbonyl (C=O) groups is 2. The summed E-state index contributed by atoms with van der Waals surface area (Å²) < 4.78 is 9.22. The number of carbonyl (C=O) groups excluding carboxylic acids is 2. The highest BCUT2D eigenvalue weighted by Crippen LogP contribution is 2.12. The fourth-order valence-electron chi connectivity index (χ4n) is 1.31. The standard InChI is InChI=1S/C10H18O8/c1-5(13)17-8(4-12)9(16)10(7(15)3-11)18-6(2)14/h7-12,15-16H,3-4H2,1-2H3/t7-,8+,9+,10+/m1/s1. The zero-order chi connectivity index (χ0) is 14.3. The van der Waals surface area contributed by atoms with Gasteiger partial charge in [0.15, 0.2) is 12.2 Å². The Kier molecular flexibility index (Phi) is 7.44. The minimum Gasteiger partial charge on any atom is -0.457 e. The summed E-state index contributed by atoms with van der Waals surface area (Å²) in [6.07, 6.45) is -6.10. The van der Waals surface area contributed by atoms with Crippen LogP contribution in [0.5, 0.6) is 0 Å². The molecule has 0 aliphatic rings. The first-order chi connectivity index (χ1) is 8.33. The zero-order valence-electron chi connectivity index (χ0n) is 10.1. The van der Waals surface area contributed by atoms with Crippen molar-refractivity contribution in [3.05, 3.63) is 0 Å². The third-order valence-electron chi connectivity index (χ3n) is 2.08. The van der Waals surface area contributed by atoms with Gasteiger partial charge in [0.05, 0.1) is 13.2 Å². The van der Waals surface area contributed by atoms with Crippen LogP contribution in [0.25, 0.3) is 0 Å². The summed E-state index contributed by atoms with van der Waals surface area (Å²) in [5.41, 5.74) is 0. The van der Waals surface area contributed by atoms with E-state index in [1.165, 1.54) is 0 Å². The molecule has 106 valence electrons. The fraction of sp³-hybridized carbons (Fsp3) is 0.800. The van der Waals surface area contributed by atoms with Crippen molar-refractivity contribution in [3.8, 4) is 0 Å². The third-order valence-corrected chi connectivity index (χ3v) is 2.08. The maximum atomic E-state index is 10.8. The second-order valence-corrected chi connectivity index (χ2v) is 3.65. The Morgan fingerprint density at radius 3 is 1.83 bits per heavy atom. The minimum absolute atomic E-state index is 0.726. The molecule has 4 N–H and O–H groups in total. The van der Waals surface area contributed by atoms with Crippen molar-refractivity contribution in [2.45, 2.75) is 38.3 Å². The Hall–Kier alpha value is -1.22. The molecule has 0 bridgehead atoms. The first-order valence-electron chi connectivity index (χ1n) is 5.25. The molecule has 0 spiro atoms. The van der Waals surface area contributed by atoms with Crippen molar-refractivity contribution in [2.24, 2.45) is 0 Å². The van der Waals surface area contributed by atoms with Gasteiger partial charge in [-0.1, -0.05) is 0 Å². The van der Waals surface area contributed by atoms with Gasteiger partial charge in [-0.15, -0.1) is 0 Å². The molecule has 8 heteroatoms. The molecule has 0 aromatic heterocycles. The van der Waals surface area contributed by atoms with E-state index in [2.05, 4.69) is 9.47 Å². The van der Waals surface area contributed by atoms with Gasteiger partial charge in [0.2, 0.25) is 0 Å². The number of rotatable bonds is 7. The SMILES string of the molecule is CC(=O)O[C@H]([C@@H](O)[C@H](CO)OC(C)=O)[C@H](O)CO. The van der Waals surface area contributed by atoms with Gasteiger partial charge in [-0.25, -0.2) is 0 Å². The smallest absolute Gasteiger partial charge is 0.303 e. The van der Waals surface area contributed by atoms with E-state index in [4.69, 9.17) is 10.2 Å². The monoisotopic (exact) mass is 266 g/mol. The summed E-state index contributed by atoms with van der Waals surface area (Å²) in [7, 11) is 0. The summed E-state index contributed by atoms with van der Waals surface area (Å²) in [5.74, 6) is -1.56. The van der Waals surface area contributed by atoms with Crippen molar-refractivity contribution >= 4 is 11.9 Å². The van der Waals surface area contributed by atoms with Gasteiger partial charge in [0, 0.05) is 13.8 Å². The molecule has 0 aliphatic carbocycles. The molecule has 0 aromatic carbocycles. The minimum atomic E-state index is -1.66. The van der Waals surface area contributed by atoms with Crippen LogP contribution in [-0.4, -0.2) is 70.0 Å². The van der Waals surface area contributed by atoms with Crippen LogP contribution in [0, 0.1) is 0 Å². The number of hydrogen-bond donors (Lipinski definition) is 4. The average Bonchev–Trinajstić information content (AvgIpc) is 2.30. The lowest BCUT2D eigenvalue weighted by Gasteiger charge is -2.30. The highest BCUT2D eigenvalue weighted by Gasteiger charge is 2.36. The quantitative estimate of drug-likeness (QED) is 0.373. The van der Waals surface area contributed by atoms with E-state index in [1.807, 2.05) is 0 Å². The maximum absolute atomic E-state index is 10.8. The van der Waals surface area contributed by atoms with Gasteiger partial charge in [0.25, 0.3) is 0 Å². The second-order valence-electron chi connectivity index (χ2n) is 3.65. The normalized spacial score (nSPS) is 17.4. The lowest BCUT2D eigenvalue weighted by Crippen LogP contribution is -2.50. The average molecular weight is 266 g/mol. The number of esters is 2. The molecule has 8 nitrogen and oxygen atoms in total. The predicted molar refractivity (Wildman–Crippen MR) is 57.3 cm³/mol. The molecule has 4 atom stereocenters. The van der Waals surface area contributed by atoms with Crippen molar-refractivity contribution in [1.82, 2.24) is 0 Å². The first kappa shape index (κ1) is 16.8. The van der Waals surface area contributed by atoms with E-state index in [9.17, 15) is 19.8 Å². The molecule has 0 amide bonds. The Morgan fingerprint density at radius 2 is 1.50 bits per heavy atom. The van der Waals surface area contributed by atoms with Gasteiger partial charge in [-0.2, -0.15) is 0 Å². The Balaban J connectivity index is 4.83. The predicted octanol–water partition coefficient (Wildman–Crippen LogP) is -2.44. The van der Waals surface area contributed by atoms with Crippen LogP contribution in [0.4, 0.5) is 0 Å². The van der Waals surface area contributed by atoms with Gasteiger partial charge in [-0.3, -0.25) is 9.59 Å². The second kappa shape index (κ2) is 7.98. The van der Waals surface area contributed by atoms with Gasteiger partial charge in [0.1, 0.15) is 12.2 Å². The third kappa shape index (κ3) is 5.41. The molecule has 0 aromatic rings. The van der Waals surface area contributed by atoms with Crippen LogP contribution in [0.2, 0.25) is 0 Å². The number of aliphatic hydroxyl groups excluding tert-OH is 4. The molecule has 0 unspecified atom stereocenters. The molecule has 0 heterocycles. The molecular formula is C10H18O8. The van der Waals surface area contributed by atoms with Gasteiger partial charge < -0.3 is 29.9 Å². The lowest BCUT2D eigenvalue weighted by atomic mass is 10.0. The van der Waals surface area contributed by atoms with Crippen molar-refractivity contribution < 1.29 is 39.5 Å². The van der Waals surface area contributed by atoms with E-state index in [0.29, 0.717) is 0 Å². The van der Waals surface area contributed by atoms with Crippen molar-refractivity contribution in [3.63, 3.8) is 0 Å². The molecule has 18 heavy (non-hydrogen) atoms. The fourth-order valence-corrected chi connectivity index (χ4v) is 1.31. The van der Waals surface area contributed by atoms with E-state index in [1.54, 1.807) is 0 Å². The maximum Gasteiger partial charge on any atom is 0.303 e. The molecule has 0 saturated heterocycles. The van der Waals surface area contributed by atoms with Crippen LogP contribution in [0.15, 0.2) is 0 Å². The molecule has 0 rings (SSSR count). The molecule has 0 radical (unpaired) electrons. The lowest BCUT2D eigenvalue weighted by molar-refractivity contribution is -0.184. The van der Waals surface area contributed by atoms with Crippen LogP contribution in [0.1, 0.15) is 13.8 Å². The highest BCUT2D eigenvalue weighted by atomic mass is 16.6. The van der Waals surface area contributed by atoms with Crippen LogP contribution < -0.4 is 0 Å². The van der Waals surface area contributed by atoms with Gasteiger partial charge in [-0.05, 0) is 0 Å². The Labute approximate surface area is 104 Å².